The van der Waals surface area contributed by atoms with Crippen molar-refractivity contribution in [2.24, 2.45) is 0 Å². The van der Waals surface area contributed by atoms with E-state index in [4.69, 9.17) is 13.9 Å². The first-order chi connectivity index (χ1) is 11.7. The van der Waals surface area contributed by atoms with Gasteiger partial charge in [0.05, 0.1) is 26.2 Å². The molecular formula is C17H19N3O4. The van der Waals surface area contributed by atoms with Crippen LogP contribution in [-0.4, -0.2) is 47.6 Å². The maximum atomic E-state index is 12.7. The second-order valence-electron chi connectivity index (χ2n) is 6.04. The summed E-state index contributed by atoms with van der Waals surface area (Å²) < 4.78 is 16.5. The number of carbonyl (C=O) groups excluding carboxylic acids is 1. The van der Waals surface area contributed by atoms with Gasteiger partial charge in [-0.05, 0) is 12.5 Å². The van der Waals surface area contributed by atoms with Crippen molar-refractivity contribution in [1.29, 1.82) is 0 Å². The van der Waals surface area contributed by atoms with Gasteiger partial charge in [0, 0.05) is 31.8 Å². The van der Waals surface area contributed by atoms with E-state index in [1.807, 2.05) is 0 Å². The van der Waals surface area contributed by atoms with Crippen LogP contribution in [0.25, 0.3) is 0 Å². The highest BCUT2D eigenvalue weighted by Crippen LogP contribution is 2.29. The molecule has 7 heteroatoms. The van der Waals surface area contributed by atoms with Gasteiger partial charge in [0.2, 0.25) is 0 Å². The first-order valence-electron chi connectivity index (χ1n) is 8.10. The van der Waals surface area contributed by atoms with Crippen molar-refractivity contribution >= 4 is 5.91 Å². The highest BCUT2D eigenvalue weighted by molar-refractivity contribution is 5.92. The van der Waals surface area contributed by atoms with Crippen molar-refractivity contribution in [1.82, 2.24) is 14.9 Å². The largest absolute Gasteiger partial charge is 0.497 e. The van der Waals surface area contributed by atoms with E-state index < -0.39 is 0 Å². The van der Waals surface area contributed by atoms with E-state index in [1.165, 1.54) is 0 Å². The first kappa shape index (κ1) is 15.1. The van der Waals surface area contributed by atoms with Gasteiger partial charge in [-0.1, -0.05) is 0 Å². The summed E-state index contributed by atoms with van der Waals surface area (Å²) in [5.74, 6) is 2.37. The number of nitrogens with zero attached hydrogens (tertiary/aromatic N) is 3. The molecule has 126 valence electrons. The third kappa shape index (κ3) is 2.75. The molecule has 1 unspecified atom stereocenters. The van der Waals surface area contributed by atoms with Gasteiger partial charge in [-0.2, -0.15) is 0 Å². The maximum absolute atomic E-state index is 12.7. The lowest BCUT2D eigenvalue weighted by molar-refractivity contribution is 0.0721. The molecule has 0 bridgehead atoms. The number of aromatic nitrogens is 2. The minimum absolute atomic E-state index is 0.117. The highest BCUT2D eigenvalue weighted by atomic mass is 16.5. The molecule has 0 spiro atoms. The quantitative estimate of drug-likeness (QED) is 0.854. The molecule has 1 amide bonds. The van der Waals surface area contributed by atoms with Crippen LogP contribution in [0.15, 0.2) is 22.7 Å². The number of amides is 1. The van der Waals surface area contributed by atoms with Gasteiger partial charge in [0.1, 0.15) is 22.9 Å². The summed E-state index contributed by atoms with van der Waals surface area (Å²) in [6.45, 7) is 2.46. The molecule has 0 N–H and O–H groups in total. The minimum atomic E-state index is -0.117. The van der Waals surface area contributed by atoms with Crippen molar-refractivity contribution in [3.05, 3.63) is 41.4 Å². The summed E-state index contributed by atoms with van der Waals surface area (Å²) in [5, 5.41) is 0. The van der Waals surface area contributed by atoms with Crippen LogP contribution in [-0.2, 0) is 17.7 Å². The maximum Gasteiger partial charge on any atom is 0.272 e. The molecule has 4 heterocycles. The van der Waals surface area contributed by atoms with Gasteiger partial charge in [-0.15, -0.1) is 0 Å². The topological polar surface area (TPSA) is 77.7 Å². The third-order valence-corrected chi connectivity index (χ3v) is 4.50. The van der Waals surface area contributed by atoms with Crippen LogP contribution in [0.1, 0.15) is 40.2 Å². The number of rotatable bonds is 3. The van der Waals surface area contributed by atoms with Crippen LogP contribution >= 0.6 is 0 Å². The zero-order valence-electron chi connectivity index (χ0n) is 13.5. The van der Waals surface area contributed by atoms with E-state index >= 15 is 0 Å². The van der Waals surface area contributed by atoms with E-state index in [1.54, 1.807) is 30.3 Å². The molecule has 0 radical (unpaired) electrons. The Labute approximate surface area is 139 Å². The Morgan fingerprint density at radius 3 is 3.17 bits per heavy atom. The van der Waals surface area contributed by atoms with E-state index in [2.05, 4.69) is 9.97 Å². The lowest BCUT2D eigenvalue weighted by Crippen LogP contribution is -2.36. The number of ether oxygens (including phenoxy) is 2. The van der Waals surface area contributed by atoms with E-state index in [9.17, 15) is 4.79 Å². The fraction of sp³-hybridized carbons (Fsp3) is 0.471. The number of carbonyl (C=O) groups is 1. The van der Waals surface area contributed by atoms with Crippen LogP contribution in [0.3, 0.4) is 0 Å². The van der Waals surface area contributed by atoms with Crippen LogP contribution < -0.4 is 4.74 Å². The predicted octanol–water partition coefficient (Wildman–Crippen LogP) is 1.78. The molecule has 1 saturated heterocycles. The molecule has 7 nitrogen and oxygen atoms in total. The van der Waals surface area contributed by atoms with Crippen molar-refractivity contribution < 1.29 is 18.7 Å². The zero-order chi connectivity index (χ0) is 16.5. The monoisotopic (exact) mass is 329 g/mol. The molecular weight excluding hydrogens is 310 g/mol. The highest BCUT2D eigenvalue weighted by Gasteiger charge is 2.30. The Morgan fingerprint density at radius 1 is 1.46 bits per heavy atom. The van der Waals surface area contributed by atoms with Crippen LogP contribution in [0.2, 0.25) is 0 Å². The third-order valence-electron chi connectivity index (χ3n) is 4.50. The molecule has 2 aromatic heterocycles. The Bertz CT molecular complexity index is 752. The predicted molar refractivity (Wildman–Crippen MR) is 83.9 cm³/mol. The molecule has 2 aliphatic rings. The average molecular weight is 329 g/mol. The second-order valence-corrected chi connectivity index (χ2v) is 6.04. The lowest BCUT2D eigenvalue weighted by Gasteiger charge is -2.25. The van der Waals surface area contributed by atoms with Crippen molar-refractivity contribution in [3.8, 4) is 5.75 Å². The minimum Gasteiger partial charge on any atom is -0.497 e. The van der Waals surface area contributed by atoms with E-state index in [-0.39, 0.29) is 11.8 Å². The number of oxazole rings is 1. The van der Waals surface area contributed by atoms with Crippen LogP contribution in [0, 0.1) is 0 Å². The average Bonchev–Trinajstić information content (AvgIpc) is 3.29. The summed E-state index contributed by atoms with van der Waals surface area (Å²) in [4.78, 5) is 23.2. The summed E-state index contributed by atoms with van der Waals surface area (Å²) in [6, 6.07) is 3.38. The van der Waals surface area contributed by atoms with Gasteiger partial charge in [0.15, 0.2) is 5.89 Å². The second kappa shape index (κ2) is 6.24. The normalized spacial score (nSPS) is 20.0. The molecule has 2 aromatic rings. The molecule has 0 aromatic carbocycles. The summed E-state index contributed by atoms with van der Waals surface area (Å²) >= 11 is 0. The van der Waals surface area contributed by atoms with Gasteiger partial charge in [-0.25, -0.2) is 4.98 Å². The fourth-order valence-electron chi connectivity index (χ4n) is 3.11. The standard InChI is InChI=1S/C17H19N3O4/c1-22-12-2-5-18-13(8-12)17(21)20-6-3-15-14(9-20)19-16(24-15)11-4-7-23-10-11/h2,5,8,11H,3-4,6-7,9-10H2,1H3. The van der Waals surface area contributed by atoms with Gasteiger partial charge >= 0.3 is 0 Å². The van der Waals surface area contributed by atoms with Crippen molar-refractivity contribution in [2.45, 2.75) is 25.3 Å². The smallest absolute Gasteiger partial charge is 0.272 e. The van der Waals surface area contributed by atoms with Crippen molar-refractivity contribution in [3.63, 3.8) is 0 Å². The molecule has 0 aliphatic carbocycles. The van der Waals surface area contributed by atoms with E-state index in [0.717, 1.165) is 30.4 Å². The van der Waals surface area contributed by atoms with Gasteiger partial charge in [-0.3, -0.25) is 9.78 Å². The summed E-state index contributed by atoms with van der Waals surface area (Å²) in [6.07, 6.45) is 3.19. The number of methoxy groups -OCH3 is 1. The first-order valence-corrected chi connectivity index (χ1v) is 8.10. The molecule has 1 atom stereocenters. The number of pyridine rings is 1. The van der Waals surface area contributed by atoms with Crippen LogP contribution in [0.4, 0.5) is 0 Å². The zero-order valence-corrected chi connectivity index (χ0v) is 13.5. The fourth-order valence-corrected chi connectivity index (χ4v) is 3.11. The number of fused-ring (bicyclic) bond motifs is 1. The molecule has 0 saturated carbocycles. The van der Waals surface area contributed by atoms with E-state index in [0.29, 0.717) is 37.6 Å². The summed E-state index contributed by atoms with van der Waals surface area (Å²) in [5.41, 5.74) is 1.23. The Balaban J connectivity index is 1.52. The molecule has 1 fully saturated rings. The Morgan fingerprint density at radius 2 is 2.38 bits per heavy atom. The Hall–Kier alpha value is -2.41. The summed E-state index contributed by atoms with van der Waals surface area (Å²) in [7, 11) is 1.57. The number of hydrogen-bond acceptors (Lipinski definition) is 6. The SMILES string of the molecule is COc1ccnc(C(=O)N2CCc3oc(C4CCOC4)nc3C2)c1. The molecule has 4 rings (SSSR count). The molecule has 24 heavy (non-hydrogen) atoms. The van der Waals surface area contributed by atoms with Gasteiger partial charge < -0.3 is 18.8 Å². The van der Waals surface area contributed by atoms with Crippen molar-refractivity contribution in [2.75, 3.05) is 26.9 Å². The molecule has 2 aliphatic heterocycles. The van der Waals surface area contributed by atoms with Crippen LogP contribution in [0.5, 0.6) is 5.75 Å². The van der Waals surface area contributed by atoms with Gasteiger partial charge in [0.25, 0.3) is 5.91 Å². The number of hydrogen-bond donors (Lipinski definition) is 0. The Kier molecular flexibility index (Phi) is 3.93. The lowest BCUT2D eigenvalue weighted by atomic mass is 10.1.